The summed E-state index contributed by atoms with van der Waals surface area (Å²) in [7, 11) is 0. The quantitative estimate of drug-likeness (QED) is 0.586. The molecule has 0 bridgehead atoms. The Morgan fingerprint density at radius 3 is 2.50 bits per heavy atom. The van der Waals surface area contributed by atoms with Crippen molar-refractivity contribution >= 4 is 17.7 Å². The van der Waals surface area contributed by atoms with Crippen LogP contribution in [0.5, 0.6) is 0 Å². The van der Waals surface area contributed by atoms with Crippen molar-refractivity contribution in [3.05, 3.63) is 29.8 Å². The van der Waals surface area contributed by atoms with E-state index in [9.17, 15) is 4.79 Å². The monoisotopic (exact) mass is 349 g/mol. The Labute approximate surface area is 150 Å². The number of piperazine rings is 1. The summed E-state index contributed by atoms with van der Waals surface area (Å²) in [5, 5.41) is 6.38. The summed E-state index contributed by atoms with van der Waals surface area (Å²) in [6, 6.07) is 8.55. The highest BCUT2D eigenvalue weighted by molar-refractivity contribution is 8.00. The normalized spacial score (nSPS) is 16.1. The van der Waals surface area contributed by atoms with Crippen molar-refractivity contribution in [1.29, 1.82) is 0 Å². The molecule has 0 saturated carbocycles. The van der Waals surface area contributed by atoms with Crippen molar-refractivity contribution in [1.82, 2.24) is 15.5 Å². The Balaban J connectivity index is 1.60. The summed E-state index contributed by atoms with van der Waals surface area (Å²) in [5.41, 5.74) is 1.49. The first-order valence-electron chi connectivity index (χ1n) is 8.88. The second-order valence-electron chi connectivity index (χ2n) is 7.36. The molecule has 1 aromatic carbocycles. The Morgan fingerprint density at radius 1 is 1.21 bits per heavy atom. The van der Waals surface area contributed by atoms with Gasteiger partial charge in [-0.3, -0.25) is 4.79 Å². The predicted octanol–water partition coefficient (Wildman–Crippen LogP) is 2.49. The third-order valence-electron chi connectivity index (χ3n) is 4.27. The van der Waals surface area contributed by atoms with Gasteiger partial charge in [0.2, 0.25) is 5.91 Å². The standard InChI is InChI=1S/C19H31N3OS/c1-19(2,3)16-5-7-17(8-6-16)24-15-18(23)21-9-4-12-22-13-10-20-11-14-22/h5-8,20H,4,9-15H2,1-3H3,(H,21,23). The molecule has 0 aromatic heterocycles. The van der Waals surface area contributed by atoms with Crippen LogP contribution in [0.1, 0.15) is 32.8 Å². The number of nitrogens with zero attached hydrogens (tertiary/aromatic N) is 1. The van der Waals surface area contributed by atoms with Gasteiger partial charge in [0.05, 0.1) is 5.75 Å². The van der Waals surface area contributed by atoms with E-state index in [0.717, 1.165) is 50.6 Å². The van der Waals surface area contributed by atoms with Crippen LogP contribution in [0.3, 0.4) is 0 Å². The minimum Gasteiger partial charge on any atom is -0.355 e. The number of carbonyl (C=O) groups is 1. The molecular formula is C19H31N3OS. The minimum absolute atomic E-state index is 0.125. The lowest BCUT2D eigenvalue weighted by atomic mass is 9.87. The van der Waals surface area contributed by atoms with E-state index >= 15 is 0 Å². The fourth-order valence-electron chi connectivity index (χ4n) is 2.72. The number of thioether (sulfide) groups is 1. The van der Waals surface area contributed by atoms with Crippen LogP contribution >= 0.6 is 11.8 Å². The highest BCUT2D eigenvalue weighted by Gasteiger charge is 2.13. The summed E-state index contributed by atoms with van der Waals surface area (Å²) in [6.07, 6.45) is 1.02. The van der Waals surface area contributed by atoms with Gasteiger partial charge in [-0.05, 0) is 36.1 Å². The maximum atomic E-state index is 11.9. The summed E-state index contributed by atoms with van der Waals surface area (Å²) in [4.78, 5) is 15.5. The van der Waals surface area contributed by atoms with Crippen LogP contribution in [-0.4, -0.2) is 55.8 Å². The molecule has 0 radical (unpaired) electrons. The first-order valence-corrected chi connectivity index (χ1v) is 9.87. The van der Waals surface area contributed by atoms with Gasteiger partial charge >= 0.3 is 0 Å². The Hall–Kier alpha value is -1.04. The number of nitrogens with one attached hydrogen (secondary N) is 2. The highest BCUT2D eigenvalue weighted by atomic mass is 32.2. The molecule has 1 aromatic rings. The average molecular weight is 350 g/mol. The van der Waals surface area contributed by atoms with E-state index in [1.165, 1.54) is 5.56 Å². The Kier molecular flexibility index (Phi) is 7.59. The number of amides is 1. The van der Waals surface area contributed by atoms with Gasteiger partial charge in [-0.2, -0.15) is 0 Å². The molecule has 1 aliphatic rings. The molecule has 0 atom stereocenters. The molecule has 5 heteroatoms. The molecule has 0 aliphatic carbocycles. The molecule has 1 amide bonds. The van der Waals surface area contributed by atoms with E-state index in [1.54, 1.807) is 11.8 Å². The van der Waals surface area contributed by atoms with Crippen molar-refractivity contribution in [2.45, 2.75) is 37.5 Å². The Morgan fingerprint density at radius 2 is 1.88 bits per heavy atom. The molecule has 0 spiro atoms. The maximum Gasteiger partial charge on any atom is 0.230 e. The molecule has 2 rings (SSSR count). The first kappa shape index (κ1) is 19.3. The summed E-state index contributed by atoms with van der Waals surface area (Å²) in [6.45, 7) is 12.9. The van der Waals surface area contributed by atoms with Crippen molar-refractivity contribution in [3.8, 4) is 0 Å². The molecule has 0 unspecified atom stereocenters. The average Bonchev–Trinajstić information content (AvgIpc) is 2.57. The van der Waals surface area contributed by atoms with Gasteiger partial charge in [0.15, 0.2) is 0 Å². The van der Waals surface area contributed by atoms with Gasteiger partial charge in [0.25, 0.3) is 0 Å². The predicted molar refractivity (Wildman–Crippen MR) is 103 cm³/mol. The zero-order valence-corrected chi connectivity index (χ0v) is 16.0. The smallest absolute Gasteiger partial charge is 0.230 e. The third-order valence-corrected chi connectivity index (χ3v) is 5.29. The second-order valence-corrected chi connectivity index (χ2v) is 8.41. The zero-order valence-electron chi connectivity index (χ0n) is 15.2. The van der Waals surface area contributed by atoms with Crippen molar-refractivity contribution in [2.75, 3.05) is 45.0 Å². The van der Waals surface area contributed by atoms with Crippen LogP contribution in [0, 0.1) is 0 Å². The molecule has 1 saturated heterocycles. The van der Waals surface area contributed by atoms with Gasteiger partial charge in [-0.15, -0.1) is 11.8 Å². The lowest BCUT2D eigenvalue weighted by Gasteiger charge is -2.27. The van der Waals surface area contributed by atoms with E-state index in [1.807, 2.05) is 0 Å². The van der Waals surface area contributed by atoms with E-state index < -0.39 is 0 Å². The largest absolute Gasteiger partial charge is 0.355 e. The van der Waals surface area contributed by atoms with Gasteiger partial charge in [-0.1, -0.05) is 32.9 Å². The zero-order chi connectivity index (χ0) is 17.4. The van der Waals surface area contributed by atoms with E-state index in [-0.39, 0.29) is 11.3 Å². The van der Waals surface area contributed by atoms with E-state index in [4.69, 9.17) is 0 Å². The lowest BCUT2D eigenvalue weighted by Crippen LogP contribution is -2.44. The molecular weight excluding hydrogens is 318 g/mol. The van der Waals surface area contributed by atoms with E-state index in [2.05, 4.69) is 60.6 Å². The topological polar surface area (TPSA) is 44.4 Å². The fraction of sp³-hybridized carbons (Fsp3) is 0.632. The second kappa shape index (κ2) is 9.44. The van der Waals surface area contributed by atoms with Crippen molar-refractivity contribution in [2.24, 2.45) is 0 Å². The molecule has 2 N–H and O–H groups in total. The van der Waals surface area contributed by atoms with Gasteiger partial charge in [-0.25, -0.2) is 0 Å². The number of hydrogen-bond donors (Lipinski definition) is 2. The highest BCUT2D eigenvalue weighted by Crippen LogP contribution is 2.25. The third kappa shape index (κ3) is 6.83. The van der Waals surface area contributed by atoms with Crippen LogP contribution < -0.4 is 10.6 Å². The van der Waals surface area contributed by atoms with Crippen LogP contribution in [0.2, 0.25) is 0 Å². The van der Waals surface area contributed by atoms with Gasteiger partial charge < -0.3 is 15.5 Å². The molecule has 4 nitrogen and oxygen atoms in total. The van der Waals surface area contributed by atoms with Crippen LogP contribution in [0.15, 0.2) is 29.2 Å². The molecule has 1 heterocycles. The molecule has 24 heavy (non-hydrogen) atoms. The lowest BCUT2D eigenvalue weighted by molar-refractivity contribution is -0.118. The van der Waals surface area contributed by atoms with Crippen LogP contribution in [-0.2, 0) is 10.2 Å². The SMILES string of the molecule is CC(C)(C)c1ccc(SCC(=O)NCCCN2CCNCC2)cc1. The van der Waals surface area contributed by atoms with Gasteiger partial charge in [0, 0.05) is 37.6 Å². The number of hydrogen-bond acceptors (Lipinski definition) is 4. The molecule has 1 aliphatic heterocycles. The first-order chi connectivity index (χ1) is 11.4. The number of carbonyl (C=O) groups excluding carboxylic acids is 1. The van der Waals surface area contributed by atoms with Crippen LogP contribution in [0.4, 0.5) is 0 Å². The minimum atomic E-state index is 0.125. The Bertz CT molecular complexity index is 504. The molecule has 1 fully saturated rings. The maximum absolute atomic E-state index is 11.9. The summed E-state index contributed by atoms with van der Waals surface area (Å²) in [5.74, 6) is 0.614. The fourth-order valence-corrected chi connectivity index (χ4v) is 3.44. The van der Waals surface area contributed by atoms with E-state index in [0.29, 0.717) is 5.75 Å². The number of rotatable bonds is 7. The van der Waals surface area contributed by atoms with Crippen LogP contribution in [0.25, 0.3) is 0 Å². The number of benzene rings is 1. The van der Waals surface area contributed by atoms with Crippen molar-refractivity contribution in [3.63, 3.8) is 0 Å². The summed E-state index contributed by atoms with van der Waals surface area (Å²) < 4.78 is 0. The molecule has 134 valence electrons. The summed E-state index contributed by atoms with van der Waals surface area (Å²) >= 11 is 1.60. The van der Waals surface area contributed by atoms with Crippen molar-refractivity contribution < 1.29 is 4.79 Å². The van der Waals surface area contributed by atoms with Gasteiger partial charge in [0.1, 0.15) is 0 Å².